The quantitative estimate of drug-likeness (QED) is 0.837. The Morgan fingerprint density at radius 3 is 2.71 bits per heavy atom. The van der Waals surface area contributed by atoms with Gasteiger partial charge in [-0.2, -0.15) is 0 Å². The number of nitrogens with zero attached hydrogens (tertiary/aromatic N) is 1. The molecular weight excluding hydrogens is 264 g/mol. The predicted octanol–water partition coefficient (Wildman–Crippen LogP) is 2.46. The van der Waals surface area contributed by atoms with Crippen molar-refractivity contribution in [2.24, 2.45) is 0 Å². The van der Waals surface area contributed by atoms with E-state index in [4.69, 9.17) is 9.47 Å². The van der Waals surface area contributed by atoms with Gasteiger partial charge in [-0.1, -0.05) is 26.0 Å². The molecule has 1 saturated heterocycles. The smallest absolute Gasteiger partial charge is 0.119 e. The lowest BCUT2D eigenvalue weighted by atomic mass is 9.98. The van der Waals surface area contributed by atoms with Gasteiger partial charge in [-0.05, 0) is 37.7 Å². The standard InChI is InChI=1S/C17H28N2O2/c1-4-11-20-15-8-6-14(7-9-15)17-16(13-18-5-2)21-12-10-19(17)3/h6-9,16-18H,4-5,10-13H2,1-3H3. The largest absolute Gasteiger partial charge is 0.494 e. The van der Waals surface area contributed by atoms with Crippen LogP contribution in [0.5, 0.6) is 5.75 Å². The van der Waals surface area contributed by atoms with Gasteiger partial charge in [0, 0.05) is 13.1 Å². The van der Waals surface area contributed by atoms with Gasteiger partial charge < -0.3 is 14.8 Å². The molecule has 2 unspecified atom stereocenters. The van der Waals surface area contributed by atoms with E-state index < -0.39 is 0 Å². The van der Waals surface area contributed by atoms with Crippen molar-refractivity contribution in [1.29, 1.82) is 0 Å². The van der Waals surface area contributed by atoms with Gasteiger partial charge in [-0.15, -0.1) is 0 Å². The van der Waals surface area contributed by atoms with Crippen LogP contribution in [0.4, 0.5) is 0 Å². The molecule has 1 fully saturated rings. The van der Waals surface area contributed by atoms with Crippen LogP contribution in [-0.4, -0.2) is 50.9 Å². The zero-order valence-electron chi connectivity index (χ0n) is 13.5. The molecule has 1 N–H and O–H groups in total. The van der Waals surface area contributed by atoms with Crippen LogP contribution in [0.15, 0.2) is 24.3 Å². The zero-order valence-corrected chi connectivity index (χ0v) is 13.5. The summed E-state index contributed by atoms with van der Waals surface area (Å²) in [5, 5.41) is 3.40. The van der Waals surface area contributed by atoms with Crippen LogP contribution in [0.2, 0.25) is 0 Å². The molecule has 0 aromatic heterocycles. The summed E-state index contributed by atoms with van der Waals surface area (Å²) >= 11 is 0. The molecule has 21 heavy (non-hydrogen) atoms. The van der Waals surface area contributed by atoms with Gasteiger partial charge in [0.1, 0.15) is 5.75 Å². The van der Waals surface area contributed by atoms with Crippen molar-refractivity contribution in [3.05, 3.63) is 29.8 Å². The summed E-state index contributed by atoms with van der Waals surface area (Å²) in [5.74, 6) is 0.947. The molecular formula is C17H28N2O2. The molecule has 1 aromatic carbocycles. The molecule has 2 rings (SSSR count). The number of nitrogens with one attached hydrogen (secondary N) is 1. The summed E-state index contributed by atoms with van der Waals surface area (Å²) in [5.41, 5.74) is 1.30. The Bertz CT molecular complexity index is 408. The molecule has 4 heteroatoms. The molecule has 0 saturated carbocycles. The minimum Gasteiger partial charge on any atom is -0.494 e. The van der Waals surface area contributed by atoms with E-state index in [2.05, 4.69) is 55.4 Å². The highest BCUT2D eigenvalue weighted by Gasteiger charge is 2.30. The fourth-order valence-corrected chi connectivity index (χ4v) is 2.77. The number of likely N-dealkylation sites (N-methyl/N-ethyl adjacent to an activating group) is 2. The third kappa shape index (κ3) is 4.43. The van der Waals surface area contributed by atoms with Crippen molar-refractivity contribution in [3.63, 3.8) is 0 Å². The monoisotopic (exact) mass is 292 g/mol. The molecule has 0 radical (unpaired) electrons. The van der Waals surface area contributed by atoms with Gasteiger partial charge in [0.05, 0.1) is 25.4 Å². The van der Waals surface area contributed by atoms with E-state index in [1.807, 2.05) is 0 Å². The van der Waals surface area contributed by atoms with Crippen molar-refractivity contribution in [1.82, 2.24) is 10.2 Å². The third-order valence-electron chi connectivity index (χ3n) is 3.89. The average Bonchev–Trinajstić information content (AvgIpc) is 2.51. The molecule has 2 atom stereocenters. The van der Waals surface area contributed by atoms with E-state index in [0.717, 1.165) is 45.0 Å². The van der Waals surface area contributed by atoms with Crippen LogP contribution in [0.3, 0.4) is 0 Å². The lowest BCUT2D eigenvalue weighted by molar-refractivity contribution is -0.0611. The first-order valence-electron chi connectivity index (χ1n) is 8.01. The average molecular weight is 292 g/mol. The minimum absolute atomic E-state index is 0.200. The van der Waals surface area contributed by atoms with Gasteiger partial charge in [0.15, 0.2) is 0 Å². The summed E-state index contributed by atoms with van der Waals surface area (Å²) < 4.78 is 11.6. The number of ether oxygens (including phenoxy) is 2. The number of hydrogen-bond donors (Lipinski definition) is 1. The third-order valence-corrected chi connectivity index (χ3v) is 3.89. The van der Waals surface area contributed by atoms with E-state index in [1.165, 1.54) is 5.56 Å². The highest BCUT2D eigenvalue weighted by atomic mass is 16.5. The molecule has 0 aliphatic carbocycles. The van der Waals surface area contributed by atoms with Crippen LogP contribution >= 0.6 is 0 Å². The summed E-state index contributed by atoms with van der Waals surface area (Å²) in [7, 11) is 2.17. The van der Waals surface area contributed by atoms with Gasteiger partial charge in [-0.25, -0.2) is 0 Å². The van der Waals surface area contributed by atoms with Crippen LogP contribution in [0.1, 0.15) is 31.9 Å². The molecule has 0 bridgehead atoms. The van der Waals surface area contributed by atoms with Gasteiger partial charge in [0.2, 0.25) is 0 Å². The highest BCUT2D eigenvalue weighted by Crippen LogP contribution is 2.29. The van der Waals surface area contributed by atoms with Crippen molar-refractivity contribution >= 4 is 0 Å². The fourth-order valence-electron chi connectivity index (χ4n) is 2.77. The summed E-state index contributed by atoms with van der Waals surface area (Å²) in [6.07, 6.45) is 1.23. The molecule has 1 aliphatic heterocycles. The number of morpholine rings is 1. The summed E-state index contributed by atoms with van der Waals surface area (Å²) in [6.45, 7) is 8.66. The normalized spacial score (nSPS) is 23.2. The van der Waals surface area contributed by atoms with Crippen molar-refractivity contribution in [3.8, 4) is 5.75 Å². The van der Waals surface area contributed by atoms with Crippen LogP contribution in [0, 0.1) is 0 Å². The molecule has 118 valence electrons. The van der Waals surface area contributed by atoms with Crippen molar-refractivity contribution in [2.45, 2.75) is 32.4 Å². The number of hydrogen-bond acceptors (Lipinski definition) is 4. The molecule has 4 nitrogen and oxygen atoms in total. The fraction of sp³-hybridized carbons (Fsp3) is 0.647. The summed E-state index contributed by atoms with van der Waals surface area (Å²) in [6, 6.07) is 8.77. The first-order valence-corrected chi connectivity index (χ1v) is 8.01. The van der Waals surface area contributed by atoms with Crippen molar-refractivity contribution < 1.29 is 9.47 Å². The Hall–Kier alpha value is -1.10. The predicted molar refractivity (Wildman–Crippen MR) is 85.9 cm³/mol. The van der Waals surface area contributed by atoms with E-state index in [9.17, 15) is 0 Å². The molecule has 0 spiro atoms. The second kappa shape index (κ2) is 8.37. The van der Waals surface area contributed by atoms with Crippen LogP contribution in [0.25, 0.3) is 0 Å². The van der Waals surface area contributed by atoms with Crippen LogP contribution in [-0.2, 0) is 4.74 Å². The Balaban J connectivity index is 2.07. The van der Waals surface area contributed by atoms with E-state index >= 15 is 0 Å². The van der Waals surface area contributed by atoms with Crippen molar-refractivity contribution in [2.75, 3.05) is 39.9 Å². The second-order valence-electron chi connectivity index (χ2n) is 5.56. The Labute approximate surface area is 128 Å². The van der Waals surface area contributed by atoms with E-state index in [-0.39, 0.29) is 6.10 Å². The first kappa shape index (κ1) is 16.3. The maximum Gasteiger partial charge on any atom is 0.119 e. The maximum absolute atomic E-state index is 5.98. The van der Waals surface area contributed by atoms with Gasteiger partial charge >= 0.3 is 0 Å². The zero-order chi connectivity index (χ0) is 15.1. The second-order valence-corrected chi connectivity index (χ2v) is 5.56. The Kier molecular flexibility index (Phi) is 6.49. The lowest BCUT2D eigenvalue weighted by Crippen LogP contribution is -2.47. The van der Waals surface area contributed by atoms with Gasteiger partial charge in [0.25, 0.3) is 0 Å². The molecule has 1 aromatic rings. The minimum atomic E-state index is 0.200. The molecule has 1 aliphatic rings. The van der Waals surface area contributed by atoms with E-state index in [1.54, 1.807) is 0 Å². The van der Waals surface area contributed by atoms with E-state index in [0.29, 0.717) is 6.04 Å². The maximum atomic E-state index is 5.98. The summed E-state index contributed by atoms with van der Waals surface area (Å²) in [4.78, 5) is 2.38. The Morgan fingerprint density at radius 1 is 1.29 bits per heavy atom. The first-order chi connectivity index (χ1) is 10.3. The molecule has 0 amide bonds. The number of benzene rings is 1. The number of rotatable bonds is 7. The van der Waals surface area contributed by atoms with Gasteiger partial charge in [-0.3, -0.25) is 4.90 Å². The topological polar surface area (TPSA) is 33.7 Å². The SMILES string of the molecule is CCCOc1ccc(C2C(CNCC)OCCN2C)cc1. The van der Waals surface area contributed by atoms with Crippen LogP contribution < -0.4 is 10.1 Å². The lowest BCUT2D eigenvalue weighted by Gasteiger charge is -2.39. The Morgan fingerprint density at radius 2 is 2.05 bits per heavy atom. The molecule has 1 heterocycles. The highest BCUT2D eigenvalue weighted by molar-refractivity contribution is 5.30.